The Balaban J connectivity index is 1.77. The summed E-state index contributed by atoms with van der Waals surface area (Å²) in [4.78, 5) is 28.9. The van der Waals surface area contributed by atoms with E-state index in [1.165, 1.54) is 12.0 Å². The highest BCUT2D eigenvalue weighted by Crippen LogP contribution is 2.39. The van der Waals surface area contributed by atoms with Gasteiger partial charge in [-0.05, 0) is 71.4 Å². The van der Waals surface area contributed by atoms with Crippen LogP contribution in [0.25, 0.3) is 10.1 Å². The molecule has 2 aromatic carbocycles. The number of methoxy groups -OCH3 is 1. The molecule has 0 radical (unpaired) electrons. The van der Waals surface area contributed by atoms with E-state index in [0.717, 1.165) is 11.3 Å². The second-order valence-electron chi connectivity index (χ2n) is 10.0. The van der Waals surface area contributed by atoms with Gasteiger partial charge in [0.2, 0.25) is 0 Å². The summed E-state index contributed by atoms with van der Waals surface area (Å²) in [6.45, 7) is 5.34. The highest BCUT2D eigenvalue weighted by molar-refractivity contribution is 9.10. The van der Waals surface area contributed by atoms with Gasteiger partial charge in [0, 0.05) is 23.6 Å². The van der Waals surface area contributed by atoms with Crippen molar-refractivity contribution in [1.82, 2.24) is 4.90 Å². The van der Waals surface area contributed by atoms with Crippen molar-refractivity contribution in [3.8, 4) is 17.6 Å². The summed E-state index contributed by atoms with van der Waals surface area (Å²) in [5.41, 5.74) is 0.803. The van der Waals surface area contributed by atoms with E-state index in [2.05, 4.69) is 27.8 Å². The van der Waals surface area contributed by atoms with Crippen LogP contribution in [0.15, 0.2) is 34.8 Å². The Labute approximate surface area is 236 Å². The number of halogens is 4. The van der Waals surface area contributed by atoms with Crippen molar-refractivity contribution in [3.05, 3.63) is 56.4 Å². The van der Waals surface area contributed by atoms with Crippen LogP contribution in [0.5, 0.6) is 5.75 Å². The highest BCUT2D eigenvalue weighted by Gasteiger charge is 2.32. The number of fused-ring (bicyclic) bond motifs is 2. The maximum Gasteiger partial charge on any atom is 0.415 e. The van der Waals surface area contributed by atoms with E-state index in [9.17, 15) is 22.8 Å². The molecular weight excluding hydrogens is 597 g/mol. The summed E-state index contributed by atoms with van der Waals surface area (Å²) in [6.07, 6.45) is -6.25. The van der Waals surface area contributed by atoms with Gasteiger partial charge < -0.3 is 14.4 Å². The van der Waals surface area contributed by atoms with Gasteiger partial charge in [0.15, 0.2) is 0 Å². The van der Waals surface area contributed by atoms with Gasteiger partial charge >= 0.3 is 12.3 Å². The average molecular weight is 623 g/mol. The lowest BCUT2D eigenvalue weighted by Gasteiger charge is -2.27. The fourth-order valence-corrected chi connectivity index (χ4v) is 5.93. The number of ether oxygens (including phenoxy) is 2. The number of hydrogen-bond donors (Lipinski definition) is 0. The third-order valence-corrected chi connectivity index (χ3v) is 8.00. The number of carbonyl (C=O) groups excluding carboxylic acids is 2. The van der Waals surface area contributed by atoms with Crippen molar-refractivity contribution in [1.29, 1.82) is 0 Å². The van der Waals surface area contributed by atoms with E-state index in [-0.39, 0.29) is 28.6 Å². The summed E-state index contributed by atoms with van der Waals surface area (Å²) in [7, 11) is 3.10. The summed E-state index contributed by atoms with van der Waals surface area (Å²) in [5.74, 6) is 5.86. The van der Waals surface area contributed by atoms with E-state index in [1.807, 2.05) is 0 Å². The van der Waals surface area contributed by atoms with E-state index in [0.29, 0.717) is 37.9 Å². The average Bonchev–Trinajstić information content (AvgIpc) is 3.30. The SMILES string of the molecule is COc1cc2c(cc1N(CC#Cc1sc3c(Br)cccc3c1CC(F)(F)F)C(=O)OC(C)(C)C)CN(C)C2=O. The zero-order valence-corrected chi connectivity index (χ0v) is 24.4. The van der Waals surface area contributed by atoms with Gasteiger partial charge in [0.1, 0.15) is 11.4 Å². The molecule has 0 fully saturated rings. The van der Waals surface area contributed by atoms with Crippen molar-refractivity contribution >= 4 is 55.0 Å². The van der Waals surface area contributed by atoms with Crippen molar-refractivity contribution in [2.75, 3.05) is 25.6 Å². The van der Waals surface area contributed by atoms with Crippen LogP contribution in [0.1, 0.15) is 47.1 Å². The Morgan fingerprint density at radius 2 is 1.95 bits per heavy atom. The van der Waals surface area contributed by atoms with Gasteiger partial charge in [-0.1, -0.05) is 24.0 Å². The number of alkyl halides is 3. The zero-order chi connectivity index (χ0) is 28.7. The topological polar surface area (TPSA) is 59.1 Å². The predicted octanol–water partition coefficient (Wildman–Crippen LogP) is 7.16. The minimum atomic E-state index is -4.42. The predicted molar refractivity (Wildman–Crippen MR) is 149 cm³/mol. The fourth-order valence-electron chi connectivity index (χ4n) is 4.23. The number of hydrogen-bond acceptors (Lipinski definition) is 5. The van der Waals surface area contributed by atoms with E-state index >= 15 is 0 Å². The zero-order valence-electron chi connectivity index (χ0n) is 22.0. The minimum absolute atomic E-state index is 0.0942. The van der Waals surface area contributed by atoms with Crippen LogP contribution in [0.2, 0.25) is 0 Å². The first kappa shape index (κ1) is 28.8. The number of benzene rings is 2. The minimum Gasteiger partial charge on any atom is -0.495 e. The molecule has 3 aromatic rings. The molecule has 6 nitrogen and oxygen atoms in total. The van der Waals surface area contributed by atoms with Crippen molar-refractivity contribution in [2.45, 2.75) is 45.5 Å². The molecule has 0 saturated carbocycles. The Bertz CT molecular complexity index is 1520. The number of rotatable bonds is 4. The molecule has 1 aliphatic heterocycles. The second kappa shape index (κ2) is 10.7. The van der Waals surface area contributed by atoms with Crippen LogP contribution in [-0.4, -0.2) is 49.4 Å². The first-order chi connectivity index (χ1) is 18.2. The third-order valence-electron chi connectivity index (χ3n) is 5.88. The van der Waals surface area contributed by atoms with Gasteiger partial charge in [-0.2, -0.15) is 13.2 Å². The second-order valence-corrected chi connectivity index (χ2v) is 11.9. The molecule has 4 rings (SSSR count). The monoisotopic (exact) mass is 622 g/mol. The van der Waals surface area contributed by atoms with Crippen LogP contribution in [0.4, 0.5) is 23.7 Å². The molecule has 0 N–H and O–H groups in total. The van der Waals surface area contributed by atoms with Gasteiger partial charge in [-0.15, -0.1) is 11.3 Å². The molecule has 2 amide bonds. The molecule has 0 aliphatic carbocycles. The van der Waals surface area contributed by atoms with Crippen molar-refractivity contribution < 1.29 is 32.2 Å². The normalized spacial score (nSPS) is 13.3. The summed E-state index contributed by atoms with van der Waals surface area (Å²) in [6, 6.07) is 8.35. The lowest BCUT2D eigenvalue weighted by atomic mass is 10.1. The third kappa shape index (κ3) is 6.34. The molecule has 11 heteroatoms. The van der Waals surface area contributed by atoms with Crippen LogP contribution >= 0.6 is 27.3 Å². The summed E-state index contributed by atoms with van der Waals surface area (Å²) in [5, 5.41) is 0.481. The van der Waals surface area contributed by atoms with Crippen LogP contribution in [-0.2, 0) is 17.7 Å². The lowest BCUT2D eigenvalue weighted by molar-refractivity contribution is -0.126. The summed E-state index contributed by atoms with van der Waals surface area (Å²) < 4.78 is 52.8. The molecule has 0 spiro atoms. The molecule has 1 aromatic heterocycles. The van der Waals surface area contributed by atoms with E-state index in [4.69, 9.17) is 9.47 Å². The fraction of sp³-hybridized carbons (Fsp3) is 0.357. The van der Waals surface area contributed by atoms with E-state index in [1.54, 1.807) is 63.1 Å². The largest absolute Gasteiger partial charge is 0.495 e. The van der Waals surface area contributed by atoms with Gasteiger partial charge in [0.05, 0.1) is 35.3 Å². The smallest absolute Gasteiger partial charge is 0.415 e. The Hall–Kier alpha value is -3.23. The van der Waals surface area contributed by atoms with Crippen molar-refractivity contribution in [3.63, 3.8) is 0 Å². The first-order valence-electron chi connectivity index (χ1n) is 11.9. The Morgan fingerprint density at radius 1 is 1.23 bits per heavy atom. The van der Waals surface area contributed by atoms with Crippen LogP contribution in [0.3, 0.4) is 0 Å². The Kier molecular flexibility index (Phi) is 7.92. The van der Waals surface area contributed by atoms with Gasteiger partial charge in [0.25, 0.3) is 5.91 Å². The van der Waals surface area contributed by atoms with Crippen LogP contribution < -0.4 is 9.64 Å². The molecule has 39 heavy (non-hydrogen) atoms. The van der Waals surface area contributed by atoms with Gasteiger partial charge in [-0.3, -0.25) is 9.69 Å². The quantitative estimate of drug-likeness (QED) is 0.290. The molecule has 1 aliphatic rings. The molecular formula is C28H26BrF3N2O4S. The molecule has 0 unspecified atom stereocenters. The Morgan fingerprint density at radius 3 is 2.59 bits per heavy atom. The number of nitrogens with zero attached hydrogens (tertiary/aromatic N) is 2. The number of thiophene rings is 1. The lowest BCUT2D eigenvalue weighted by Crippen LogP contribution is -2.37. The molecule has 0 bridgehead atoms. The molecule has 0 saturated heterocycles. The highest BCUT2D eigenvalue weighted by atomic mass is 79.9. The molecule has 206 valence electrons. The van der Waals surface area contributed by atoms with E-state index < -0.39 is 24.3 Å². The van der Waals surface area contributed by atoms with Gasteiger partial charge in [-0.25, -0.2) is 4.79 Å². The van der Waals surface area contributed by atoms with Crippen molar-refractivity contribution in [2.24, 2.45) is 0 Å². The number of anilines is 1. The van der Waals surface area contributed by atoms with Crippen LogP contribution in [0, 0.1) is 11.8 Å². The summed E-state index contributed by atoms with van der Waals surface area (Å²) >= 11 is 4.57. The maximum absolute atomic E-state index is 13.4. The standard InChI is InChI=1S/C28H26BrF3N2O4S/c1-27(2,3)38-26(36)34(21-12-16-15-33(4)25(35)18(16)13-22(21)37-5)11-7-10-23-19(14-28(30,31)32)17-8-6-9-20(29)24(17)39-23/h6,8-9,12-13H,11,14-15H2,1-5H3. The maximum atomic E-state index is 13.4. The molecule has 0 atom stereocenters. The number of amides is 2. The first-order valence-corrected chi connectivity index (χ1v) is 13.5. The number of carbonyl (C=O) groups is 2. The molecule has 2 heterocycles.